The molecule has 0 N–H and O–H groups in total. The van der Waals surface area contributed by atoms with Crippen LogP contribution in [0.5, 0.6) is 5.75 Å². The van der Waals surface area contributed by atoms with E-state index >= 15 is 0 Å². The minimum absolute atomic E-state index is 0.120. The molecule has 7 heteroatoms. The van der Waals surface area contributed by atoms with Gasteiger partial charge < -0.3 is 9.64 Å². The van der Waals surface area contributed by atoms with Gasteiger partial charge in [-0.2, -0.15) is 0 Å². The Labute approximate surface area is 187 Å². The highest BCUT2D eigenvalue weighted by molar-refractivity contribution is 7.99. The molecule has 5 nitrogen and oxygen atoms in total. The van der Waals surface area contributed by atoms with Crippen LogP contribution in [0.25, 0.3) is 10.2 Å². The largest absolute Gasteiger partial charge is 0.492 e. The van der Waals surface area contributed by atoms with Crippen LogP contribution in [-0.2, 0) is 4.79 Å². The second kappa shape index (κ2) is 11.3. The summed E-state index contributed by atoms with van der Waals surface area (Å²) >= 11 is 3.27. The number of thiazole rings is 1. The molecule has 0 saturated carbocycles. The van der Waals surface area contributed by atoms with Gasteiger partial charge in [-0.25, -0.2) is 4.98 Å². The number of para-hydroxylation sites is 1. The number of hydrogen-bond donors (Lipinski definition) is 0. The molecule has 0 atom stereocenters. The second-order valence-electron chi connectivity index (χ2n) is 7.15. The number of aromatic nitrogens is 1. The average Bonchev–Trinajstić information content (AvgIpc) is 3.17. The molecule has 0 aliphatic rings. The fraction of sp³-hybridized carbons (Fsp3) is 0.391. The lowest BCUT2D eigenvalue weighted by molar-refractivity contribution is -0.118. The van der Waals surface area contributed by atoms with Gasteiger partial charge in [-0.3, -0.25) is 9.69 Å². The van der Waals surface area contributed by atoms with Gasteiger partial charge in [0.2, 0.25) is 5.91 Å². The third-order valence-electron chi connectivity index (χ3n) is 4.52. The molecule has 1 aromatic heterocycles. The molecule has 0 radical (unpaired) electrons. The predicted molar refractivity (Wildman–Crippen MR) is 128 cm³/mol. The molecule has 0 fully saturated rings. The number of thioether (sulfide) groups is 1. The minimum Gasteiger partial charge on any atom is -0.492 e. The van der Waals surface area contributed by atoms with Crippen LogP contribution in [0.3, 0.4) is 0 Å². The van der Waals surface area contributed by atoms with Gasteiger partial charge in [-0.1, -0.05) is 35.6 Å². The van der Waals surface area contributed by atoms with Crippen LogP contribution in [0.4, 0.5) is 5.13 Å². The van der Waals surface area contributed by atoms with Crippen molar-refractivity contribution in [3.05, 3.63) is 48.5 Å². The molecule has 3 rings (SSSR count). The fourth-order valence-corrected chi connectivity index (χ4v) is 4.97. The third-order valence-corrected chi connectivity index (χ3v) is 6.57. The molecule has 160 valence electrons. The average molecular weight is 444 g/mol. The fourth-order valence-electron chi connectivity index (χ4n) is 3.08. The Morgan fingerprint density at radius 3 is 2.63 bits per heavy atom. The third kappa shape index (κ3) is 6.20. The van der Waals surface area contributed by atoms with Gasteiger partial charge in [0.05, 0.1) is 11.3 Å². The SMILES string of the molecule is CCOc1cccc2sc(N(CCCN(C)C)C(=O)CCSc3ccccc3)nc12. The zero-order chi connectivity index (χ0) is 21.3. The van der Waals surface area contributed by atoms with Crippen molar-refractivity contribution in [1.82, 2.24) is 9.88 Å². The summed E-state index contributed by atoms with van der Waals surface area (Å²) in [5.41, 5.74) is 0.837. The Kier molecular flexibility index (Phi) is 8.54. The Balaban J connectivity index is 1.75. The zero-order valence-electron chi connectivity index (χ0n) is 17.8. The first-order valence-corrected chi connectivity index (χ1v) is 12.0. The molecule has 30 heavy (non-hydrogen) atoms. The molecule has 1 amide bonds. The van der Waals surface area contributed by atoms with Gasteiger partial charge in [0.25, 0.3) is 0 Å². The summed E-state index contributed by atoms with van der Waals surface area (Å²) in [5, 5.41) is 0.755. The molecule has 1 heterocycles. The van der Waals surface area contributed by atoms with Crippen LogP contribution in [0.2, 0.25) is 0 Å². The summed E-state index contributed by atoms with van der Waals surface area (Å²) in [6, 6.07) is 16.1. The highest BCUT2D eigenvalue weighted by Crippen LogP contribution is 2.34. The Bertz CT molecular complexity index is 944. The van der Waals surface area contributed by atoms with Crippen molar-refractivity contribution in [1.29, 1.82) is 0 Å². The van der Waals surface area contributed by atoms with Crippen molar-refractivity contribution in [3.8, 4) is 5.75 Å². The lowest BCUT2D eigenvalue weighted by atomic mass is 10.3. The van der Waals surface area contributed by atoms with E-state index in [2.05, 4.69) is 31.1 Å². The maximum absolute atomic E-state index is 13.1. The van der Waals surface area contributed by atoms with E-state index in [1.54, 1.807) is 23.1 Å². The molecule has 2 aromatic carbocycles. The maximum Gasteiger partial charge on any atom is 0.229 e. The second-order valence-corrected chi connectivity index (χ2v) is 9.32. The number of anilines is 1. The van der Waals surface area contributed by atoms with Gasteiger partial charge in [-0.15, -0.1) is 11.8 Å². The van der Waals surface area contributed by atoms with E-state index in [0.717, 1.165) is 39.8 Å². The lowest BCUT2D eigenvalue weighted by Gasteiger charge is -2.21. The molecular formula is C23H29N3O2S2. The van der Waals surface area contributed by atoms with Crippen molar-refractivity contribution in [3.63, 3.8) is 0 Å². The van der Waals surface area contributed by atoms with Gasteiger partial charge in [0.15, 0.2) is 5.13 Å². The summed E-state index contributed by atoms with van der Waals surface area (Å²) in [6.45, 7) is 4.15. The quantitative estimate of drug-likeness (QED) is 0.383. The smallest absolute Gasteiger partial charge is 0.229 e. The van der Waals surface area contributed by atoms with Crippen molar-refractivity contribution >= 4 is 44.4 Å². The van der Waals surface area contributed by atoms with Crippen LogP contribution in [0.15, 0.2) is 53.4 Å². The van der Waals surface area contributed by atoms with Gasteiger partial charge in [0, 0.05) is 23.6 Å². The van der Waals surface area contributed by atoms with E-state index in [-0.39, 0.29) is 5.91 Å². The first kappa shape index (κ1) is 22.6. The van der Waals surface area contributed by atoms with Crippen LogP contribution in [0, 0.1) is 0 Å². The number of amides is 1. The van der Waals surface area contributed by atoms with E-state index in [1.807, 2.05) is 48.2 Å². The number of carbonyl (C=O) groups is 1. The van der Waals surface area contributed by atoms with Crippen molar-refractivity contribution < 1.29 is 9.53 Å². The highest BCUT2D eigenvalue weighted by atomic mass is 32.2. The van der Waals surface area contributed by atoms with Gasteiger partial charge in [-0.05, 0) is 58.3 Å². The lowest BCUT2D eigenvalue weighted by Crippen LogP contribution is -2.33. The Morgan fingerprint density at radius 1 is 1.10 bits per heavy atom. The Morgan fingerprint density at radius 2 is 1.90 bits per heavy atom. The monoisotopic (exact) mass is 443 g/mol. The first-order valence-electron chi connectivity index (χ1n) is 10.2. The molecule has 0 unspecified atom stereocenters. The highest BCUT2D eigenvalue weighted by Gasteiger charge is 2.20. The normalized spacial score (nSPS) is 11.2. The number of rotatable bonds is 11. The standard InChI is InChI=1S/C23H29N3O2S2/c1-4-28-19-12-8-13-20-22(19)24-23(30-20)26(16-9-15-25(2)3)21(27)14-17-29-18-10-6-5-7-11-18/h5-8,10-13H,4,9,14-17H2,1-3H3. The maximum atomic E-state index is 13.1. The van der Waals surface area contributed by atoms with E-state index < -0.39 is 0 Å². The molecule has 3 aromatic rings. The van der Waals surface area contributed by atoms with E-state index in [1.165, 1.54) is 4.90 Å². The summed E-state index contributed by atoms with van der Waals surface area (Å²) in [7, 11) is 4.10. The zero-order valence-corrected chi connectivity index (χ0v) is 19.5. The van der Waals surface area contributed by atoms with Crippen molar-refractivity contribution in [2.45, 2.75) is 24.7 Å². The molecular weight excluding hydrogens is 414 g/mol. The summed E-state index contributed by atoms with van der Waals surface area (Å²) in [4.78, 5) is 23.1. The molecule has 0 aliphatic carbocycles. The van der Waals surface area contributed by atoms with Gasteiger partial charge in [0.1, 0.15) is 11.3 Å². The van der Waals surface area contributed by atoms with E-state index in [9.17, 15) is 4.79 Å². The van der Waals surface area contributed by atoms with Crippen molar-refractivity contribution in [2.24, 2.45) is 0 Å². The minimum atomic E-state index is 0.120. The number of hydrogen-bond acceptors (Lipinski definition) is 6. The number of carbonyl (C=O) groups excluding carboxylic acids is 1. The Hall–Kier alpha value is -2.09. The summed E-state index contributed by atoms with van der Waals surface area (Å²) < 4.78 is 6.77. The number of fused-ring (bicyclic) bond motifs is 1. The van der Waals surface area contributed by atoms with Gasteiger partial charge >= 0.3 is 0 Å². The van der Waals surface area contributed by atoms with Crippen LogP contribution < -0.4 is 9.64 Å². The van der Waals surface area contributed by atoms with Crippen LogP contribution >= 0.6 is 23.1 Å². The first-order chi connectivity index (χ1) is 14.6. The molecule has 0 saturated heterocycles. The predicted octanol–water partition coefficient (Wildman–Crippen LogP) is 5.16. The number of benzene rings is 2. The molecule has 0 spiro atoms. The summed E-state index contributed by atoms with van der Waals surface area (Å²) in [5.74, 6) is 1.65. The van der Waals surface area contributed by atoms with E-state index in [0.29, 0.717) is 19.6 Å². The summed E-state index contributed by atoms with van der Waals surface area (Å²) in [6.07, 6.45) is 1.38. The number of nitrogens with zero attached hydrogens (tertiary/aromatic N) is 3. The van der Waals surface area contributed by atoms with E-state index in [4.69, 9.17) is 9.72 Å². The van der Waals surface area contributed by atoms with Crippen LogP contribution in [-0.4, -0.2) is 55.3 Å². The topological polar surface area (TPSA) is 45.7 Å². The molecule has 0 aliphatic heterocycles. The van der Waals surface area contributed by atoms with Crippen molar-refractivity contribution in [2.75, 3.05) is 44.4 Å². The number of ether oxygens (including phenoxy) is 1. The van der Waals surface area contributed by atoms with Crippen LogP contribution in [0.1, 0.15) is 19.8 Å². The molecule has 0 bridgehead atoms.